The van der Waals surface area contributed by atoms with Crippen LogP contribution in [0, 0.1) is 5.41 Å². The van der Waals surface area contributed by atoms with Crippen LogP contribution in [0.5, 0.6) is 5.75 Å². The van der Waals surface area contributed by atoms with Crippen LogP contribution in [0.4, 0.5) is 19.1 Å². The van der Waals surface area contributed by atoms with E-state index in [1.165, 1.54) is 12.1 Å². The second-order valence-electron chi connectivity index (χ2n) is 6.61. The van der Waals surface area contributed by atoms with Gasteiger partial charge in [0.25, 0.3) is 0 Å². The van der Waals surface area contributed by atoms with E-state index in [2.05, 4.69) is 24.5 Å². The van der Waals surface area contributed by atoms with Gasteiger partial charge in [-0.05, 0) is 24.3 Å². The number of piperazine rings is 1. The van der Waals surface area contributed by atoms with Gasteiger partial charge in [0.05, 0.1) is 10.2 Å². The lowest BCUT2D eigenvalue weighted by Gasteiger charge is -2.34. The fourth-order valence-corrected chi connectivity index (χ4v) is 4.32. The molecular weight excluding hydrogens is 512 g/mol. The fraction of sp³-hybridized carbons (Fsp3) is 0.389. The van der Waals surface area contributed by atoms with Crippen molar-refractivity contribution in [2.75, 3.05) is 37.6 Å². The Morgan fingerprint density at radius 1 is 1.00 bits per heavy atom. The number of hydrogen-bond donors (Lipinski definition) is 1. The number of alkyl halides is 3. The molecular formula is C18H22Cl3F3N6OS. The Kier molecular flexibility index (Phi) is 10.5. The smallest absolute Gasteiger partial charge is 0.406 e. The van der Waals surface area contributed by atoms with Crippen molar-refractivity contribution < 1.29 is 17.9 Å². The number of hydrogen-bond acceptors (Lipinski definition) is 7. The summed E-state index contributed by atoms with van der Waals surface area (Å²) in [5, 5.41) is 8.19. The number of rotatable bonds is 5. The zero-order chi connectivity index (χ0) is 20.4. The van der Waals surface area contributed by atoms with Gasteiger partial charge >= 0.3 is 6.36 Å². The highest BCUT2D eigenvalue weighted by Crippen LogP contribution is 2.27. The van der Waals surface area contributed by atoms with Gasteiger partial charge in [-0.1, -0.05) is 11.3 Å². The predicted octanol–water partition coefficient (Wildman–Crippen LogP) is 3.96. The van der Waals surface area contributed by atoms with Crippen molar-refractivity contribution in [2.45, 2.75) is 12.9 Å². The van der Waals surface area contributed by atoms with Gasteiger partial charge in [0, 0.05) is 51.7 Å². The molecule has 0 spiro atoms. The molecule has 0 atom stereocenters. The molecule has 1 aliphatic heterocycles. The van der Waals surface area contributed by atoms with Crippen LogP contribution in [0.3, 0.4) is 0 Å². The SMILES string of the molecule is Cl.Cl.Cl.N=c1sc2cc(OC(F)(F)F)ccc2n1CCN1CCN(c2ncccn2)CC1. The van der Waals surface area contributed by atoms with E-state index in [0.29, 0.717) is 16.0 Å². The maximum absolute atomic E-state index is 12.4. The second kappa shape index (κ2) is 11.9. The minimum absolute atomic E-state index is 0. The number of nitrogens with one attached hydrogen (secondary N) is 1. The Morgan fingerprint density at radius 2 is 1.66 bits per heavy atom. The molecule has 1 aromatic carbocycles. The lowest BCUT2D eigenvalue weighted by atomic mass is 10.3. The third-order valence-corrected chi connectivity index (χ3v) is 5.72. The first kappa shape index (κ1) is 28.2. The molecule has 1 aliphatic rings. The number of ether oxygens (including phenoxy) is 1. The second-order valence-corrected chi connectivity index (χ2v) is 7.64. The molecule has 1 saturated heterocycles. The largest absolute Gasteiger partial charge is 0.573 e. The third-order valence-electron chi connectivity index (χ3n) is 4.75. The highest BCUT2D eigenvalue weighted by atomic mass is 35.5. The number of anilines is 1. The first-order valence-corrected chi connectivity index (χ1v) is 9.89. The van der Waals surface area contributed by atoms with Gasteiger partial charge in [0.1, 0.15) is 5.75 Å². The Hall–Kier alpha value is -1.79. The number of thiazole rings is 1. The van der Waals surface area contributed by atoms with Gasteiger partial charge in [-0.2, -0.15) is 0 Å². The summed E-state index contributed by atoms with van der Waals surface area (Å²) in [6.07, 6.45) is -1.26. The molecule has 0 aliphatic carbocycles. The molecule has 0 radical (unpaired) electrons. The molecule has 0 saturated carbocycles. The topological polar surface area (TPSA) is 70.3 Å². The summed E-state index contributed by atoms with van der Waals surface area (Å²) in [6, 6.07) is 5.99. The van der Waals surface area contributed by atoms with E-state index in [4.69, 9.17) is 5.41 Å². The number of benzene rings is 1. The van der Waals surface area contributed by atoms with Gasteiger partial charge in [0.2, 0.25) is 5.95 Å². The summed E-state index contributed by atoms with van der Waals surface area (Å²) in [5.41, 5.74) is 0.742. The zero-order valence-corrected chi connectivity index (χ0v) is 19.9. The summed E-state index contributed by atoms with van der Waals surface area (Å²) in [6.45, 7) is 4.72. The van der Waals surface area contributed by atoms with Crippen molar-refractivity contribution in [1.82, 2.24) is 19.4 Å². The Balaban J connectivity index is 0.00000171. The summed E-state index contributed by atoms with van der Waals surface area (Å²) < 4.78 is 43.6. The average Bonchev–Trinajstić information content (AvgIpc) is 3.00. The maximum atomic E-state index is 12.4. The number of nitrogens with zero attached hydrogens (tertiary/aromatic N) is 5. The molecule has 0 amide bonds. The van der Waals surface area contributed by atoms with E-state index in [9.17, 15) is 13.2 Å². The Labute approximate surface area is 205 Å². The van der Waals surface area contributed by atoms with Gasteiger partial charge in [0.15, 0.2) is 4.80 Å². The Bertz CT molecular complexity index is 1040. The summed E-state index contributed by atoms with van der Waals surface area (Å²) in [4.78, 5) is 13.3. The Morgan fingerprint density at radius 3 is 2.28 bits per heavy atom. The van der Waals surface area contributed by atoms with Crippen LogP contribution < -0.4 is 14.4 Å². The van der Waals surface area contributed by atoms with E-state index in [-0.39, 0.29) is 43.0 Å². The van der Waals surface area contributed by atoms with Gasteiger partial charge in [-0.25, -0.2) is 9.97 Å². The van der Waals surface area contributed by atoms with E-state index < -0.39 is 6.36 Å². The fourth-order valence-electron chi connectivity index (χ4n) is 3.35. The van der Waals surface area contributed by atoms with Crippen molar-refractivity contribution in [3.8, 4) is 5.75 Å². The summed E-state index contributed by atoms with van der Waals surface area (Å²) in [5.74, 6) is 0.466. The van der Waals surface area contributed by atoms with Crippen molar-refractivity contribution >= 4 is 64.7 Å². The highest BCUT2D eigenvalue weighted by molar-refractivity contribution is 7.16. The lowest BCUT2D eigenvalue weighted by molar-refractivity contribution is -0.274. The van der Waals surface area contributed by atoms with E-state index in [1.54, 1.807) is 24.5 Å². The molecule has 0 bridgehead atoms. The molecule has 1 fully saturated rings. The number of fused-ring (bicyclic) bond motifs is 1. The molecule has 3 heterocycles. The molecule has 7 nitrogen and oxygen atoms in total. The quantitative estimate of drug-likeness (QED) is 0.538. The van der Waals surface area contributed by atoms with Crippen LogP contribution >= 0.6 is 48.6 Å². The van der Waals surface area contributed by atoms with Crippen LogP contribution in [0.25, 0.3) is 10.2 Å². The van der Waals surface area contributed by atoms with Gasteiger partial charge in [-0.3, -0.25) is 10.3 Å². The van der Waals surface area contributed by atoms with Crippen LogP contribution in [0.2, 0.25) is 0 Å². The van der Waals surface area contributed by atoms with Crippen LogP contribution in [0.15, 0.2) is 36.7 Å². The van der Waals surface area contributed by atoms with Crippen molar-refractivity contribution in [3.63, 3.8) is 0 Å². The minimum Gasteiger partial charge on any atom is -0.406 e. The van der Waals surface area contributed by atoms with Crippen LogP contribution in [-0.4, -0.2) is 58.5 Å². The normalized spacial score (nSPS) is 14.3. The zero-order valence-electron chi connectivity index (χ0n) is 16.6. The molecule has 0 unspecified atom stereocenters. The molecule has 4 rings (SSSR count). The van der Waals surface area contributed by atoms with Gasteiger partial charge in [-0.15, -0.1) is 50.4 Å². The monoisotopic (exact) mass is 532 g/mol. The highest BCUT2D eigenvalue weighted by Gasteiger charge is 2.31. The van der Waals surface area contributed by atoms with E-state index >= 15 is 0 Å². The van der Waals surface area contributed by atoms with Crippen LogP contribution in [0.1, 0.15) is 0 Å². The average molecular weight is 534 g/mol. The molecule has 3 aromatic rings. The molecule has 178 valence electrons. The van der Waals surface area contributed by atoms with E-state index in [0.717, 1.165) is 55.5 Å². The number of aromatic nitrogens is 3. The number of halogens is 6. The lowest BCUT2D eigenvalue weighted by Crippen LogP contribution is -2.48. The molecule has 1 N–H and O–H groups in total. The summed E-state index contributed by atoms with van der Waals surface area (Å²) >= 11 is 1.14. The molecule has 14 heteroatoms. The molecule has 2 aromatic heterocycles. The van der Waals surface area contributed by atoms with Crippen LogP contribution in [-0.2, 0) is 6.54 Å². The van der Waals surface area contributed by atoms with Crippen molar-refractivity contribution in [2.24, 2.45) is 0 Å². The minimum atomic E-state index is -4.72. The standard InChI is InChI=1S/C18H19F3N6OS.3ClH/c19-18(20,21)28-13-2-3-14-15(12-13)29-16(22)27(14)11-8-25-6-9-26(10-7-25)17-23-4-1-5-24-17;;;/h1-5,12,22H,6-11H2;3*1H. The molecule has 32 heavy (non-hydrogen) atoms. The third kappa shape index (κ3) is 6.85. The van der Waals surface area contributed by atoms with E-state index in [1.807, 2.05) is 4.57 Å². The first-order valence-electron chi connectivity index (χ1n) is 9.07. The van der Waals surface area contributed by atoms with Crippen molar-refractivity contribution in [1.29, 1.82) is 5.41 Å². The predicted molar refractivity (Wildman–Crippen MR) is 125 cm³/mol. The summed E-state index contributed by atoms with van der Waals surface area (Å²) in [7, 11) is 0. The van der Waals surface area contributed by atoms with Gasteiger partial charge < -0.3 is 14.2 Å². The maximum Gasteiger partial charge on any atom is 0.573 e. The first-order chi connectivity index (χ1) is 13.9. The van der Waals surface area contributed by atoms with Crippen molar-refractivity contribution in [3.05, 3.63) is 41.5 Å².